The Balaban J connectivity index is -0.000000149. The number of nitrogens with zero attached hydrogens (tertiary/aromatic N) is 1. The Hall–Kier alpha value is -0.640. The number of nitrogens with one attached hydrogen (secondary N) is 2. The molecule has 0 aliphatic carbocycles. The largest absolute Gasteiger partial charge is 0.286 e. The quantitative estimate of drug-likeness (QED) is 0.556. The Morgan fingerprint density at radius 2 is 2.00 bits per heavy atom. The summed E-state index contributed by atoms with van der Waals surface area (Å²) in [6.45, 7) is 5.84. The van der Waals surface area contributed by atoms with Gasteiger partial charge in [0.15, 0.2) is 0 Å². The molecule has 56 valence electrons. The third kappa shape index (κ3) is 3.03. The van der Waals surface area contributed by atoms with Crippen LogP contribution in [-0.4, -0.2) is 15.2 Å². The lowest BCUT2D eigenvalue weighted by atomic mass is 10.8. The van der Waals surface area contributed by atoms with Gasteiger partial charge in [-0.1, -0.05) is 13.8 Å². The van der Waals surface area contributed by atoms with Gasteiger partial charge in [-0.2, -0.15) is 0 Å². The molecule has 0 fully saturated rings. The minimum atomic E-state index is 0. The summed E-state index contributed by atoms with van der Waals surface area (Å²) in [6.07, 6.45) is 0. The number of hydrogen-bond donors (Lipinski definition) is 2. The first-order chi connectivity index (χ1) is 4.29. The first-order valence-corrected chi connectivity index (χ1v) is 3.31. The van der Waals surface area contributed by atoms with E-state index in [2.05, 4.69) is 27.4 Å². The molecule has 0 saturated carbocycles. The zero-order chi connectivity index (χ0) is 7.28. The van der Waals surface area contributed by atoms with Gasteiger partial charge < -0.3 is 0 Å². The third-order valence-corrected chi connectivity index (χ3v) is 0.813. The number of H-pyrrole nitrogens is 2. The van der Waals surface area contributed by atoms with E-state index in [9.17, 15) is 0 Å². The van der Waals surface area contributed by atoms with Gasteiger partial charge in [-0.05, 0) is 19.1 Å². The van der Waals surface area contributed by atoms with Crippen LogP contribution in [0.5, 0.6) is 0 Å². The molecule has 0 aliphatic rings. The second-order valence-electron chi connectivity index (χ2n) is 1.25. The van der Waals surface area contributed by atoms with Crippen molar-refractivity contribution in [2.75, 3.05) is 0 Å². The molecule has 1 heterocycles. The predicted octanol–water partition coefficient (Wildman–Crippen LogP) is 2.29. The highest BCUT2D eigenvalue weighted by molar-refractivity contribution is 7.71. The SMILES string of the molecule is CC.Cc1nc(=S)[nH][nH]1.[HH].[HH]. The van der Waals surface area contributed by atoms with Crippen molar-refractivity contribution in [2.24, 2.45) is 0 Å². The van der Waals surface area contributed by atoms with Crippen molar-refractivity contribution >= 4 is 12.2 Å². The van der Waals surface area contributed by atoms with Gasteiger partial charge in [0.05, 0.1) is 0 Å². The fraction of sp³-hybridized carbons (Fsp3) is 0.600. The number of rotatable bonds is 0. The van der Waals surface area contributed by atoms with Gasteiger partial charge in [0.25, 0.3) is 0 Å². The van der Waals surface area contributed by atoms with Crippen molar-refractivity contribution in [3.63, 3.8) is 0 Å². The summed E-state index contributed by atoms with van der Waals surface area (Å²) in [7, 11) is 0. The van der Waals surface area contributed by atoms with Crippen molar-refractivity contribution in [3.8, 4) is 0 Å². The van der Waals surface area contributed by atoms with E-state index in [1.807, 2.05) is 20.8 Å². The van der Waals surface area contributed by atoms with Crippen LogP contribution in [0, 0.1) is 11.7 Å². The van der Waals surface area contributed by atoms with Gasteiger partial charge in [-0.25, -0.2) is 4.98 Å². The molecule has 0 aromatic carbocycles. The molecular formula is C5H15N3S. The van der Waals surface area contributed by atoms with Crippen LogP contribution in [0.15, 0.2) is 0 Å². The van der Waals surface area contributed by atoms with Crippen LogP contribution in [0.2, 0.25) is 0 Å². The molecule has 0 saturated heterocycles. The van der Waals surface area contributed by atoms with Crippen LogP contribution in [0.1, 0.15) is 22.5 Å². The second-order valence-corrected chi connectivity index (χ2v) is 1.64. The lowest BCUT2D eigenvalue weighted by molar-refractivity contribution is 1.03. The standard InChI is InChI=1S/C3H5N3S.C2H6.2H2/c1-2-4-3(7)6-5-2;1-2;;/h1H3,(H2,4,5,6,7);1-2H3;2*1H. The van der Waals surface area contributed by atoms with E-state index in [-0.39, 0.29) is 2.85 Å². The molecule has 3 nitrogen and oxygen atoms in total. The lowest BCUT2D eigenvalue weighted by Gasteiger charge is -1.67. The van der Waals surface area contributed by atoms with Gasteiger partial charge in [0.2, 0.25) is 4.77 Å². The van der Waals surface area contributed by atoms with E-state index >= 15 is 0 Å². The van der Waals surface area contributed by atoms with Crippen LogP contribution in [0.25, 0.3) is 0 Å². The summed E-state index contributed by atoms with van der Waals surface area (Å²) in [4.78, 5) is 3.81. The zero-order valence-corrected chi connectivity index (χ0v) is 6.67. The van der Waals surface area contributed by atoms with E-state index < -0.39 is 0 Å². The van der Waals surface area contributed by atoms with Gasteiger partial charge in [0, 0.05) is 2.85 Å². The first kappa shape index (κ1) is 8.36. The average molecular weight is 149 g/mol. The van der Waals surface area contributed by atoms with Crippen LogP contribution in [0.3, 0.4) is 0 Å². The Bertz CT molecular complexity index is 207. The number of aromatic amines is 2. The topological polar surface area (TPSA) is 44.5 Å². The molecule has 0 spiro atoms. The molecule has 2 N–H and O–H groups in total. The maximum atomic E-state index is 4.63. The second kappa shape index (κ2) is 4.26. The average Bonchev–Trinajstić information content (AvgIpc) is 2.20. The van der Waals surface area contributed by atoms with E-state index in [0.29, 0.717) is 4.77 Å². The third-order valence-electron chi connectivity index (χ3n) is 0.620. The molecule has 0 amide bonds. The predicted molar refractivity (Wildman–Crippen MR) is 44.1 cm³/mol. The maximum absolute atomic E-state index is 4.63. The summed E-state index contributed by atoms with van der Waals surface area (Å²) < 4.78 is 0.512. The van der Waals surface area contributed by atoms with Crippen molar-refractivity contribution in [1.29, 1.82) is 0 Å². The molecule has 1 aromatic heterocycles. The smallest absolute Gasteiger partial charge is 0.213 e. The normalized spacial score (nSPS) is 7.89. The summed E-state index contributed by atoms with van der Waals surface area (Å²) in [5.74, 6) is 0.824. The summed E-state index contributed by atoms with van der Waals surface area (Å²) in [5, 5.41) is 5.38. The molecule has 0 radical (unpaired) electrons. The van der Waals surface area contributed by atoms with Gasteiger partial charge in [-0.3, -0.25) is 10.2 Å². The lowest BCUT2D eigenvalue weighted by Crippen LogP contribution is -1.68. The molecular weight excluding hydrogens is 134 g/mol. The van der Waals surface area contributed by atoms with Crippen molar-refractivity contribution < 1.29 is 2.85 Å². The molecule has 9 heavy (non-hydrogen) atoms. The number of aryl methyl sites for hydroxylation is 1. The molecule has 4 heteroatoms. The van der Waals surface area contributed by atoms with Crippen LogP contribution in [0.4, 0.5) is 0 Å². The number of aromatic nitrogens is 3. The van der Waals surface area contributed by atoms with Gasteiger partial charge in [-0.15, -0.1) is 0 Å². The number of hydrogen-bond acceptors (Lipinski definition) is 2. The van der Waals surface area contributed by atoms with Crippen LogP contribution >= 0.6 is 12.2 Å². The molecule has 0 unspecified atom stereocenters. The summed E-state index contributed by atoms with van der Waals surface area (Å²) in [5.41, 5.74) is 0. The van der Waals surface area contributed by atoms with Crippen LogP contribution in [-0.2, 0) is 0 Å². The fourth-order valence-electron chi connectivity index (χ4n) is 0.352. The first-order valence-electron chi connectivity index (χ1n) is 2.90. The maximum Gasteiger partial charge on any atom is 0.213 e. The monoisotopic (exact) mass is 149 g/mol. The van der Waals surface area contributed by atoms with E-state index in [4.69, 9.17) is 0 Å². The van der Waals surface area contributed by atoms with Gasteiger partial charge >= 0.3 is 0 Å². The minimum Gasteiger partial charge on any atom is -0.286 e. The highest BCUT2D eigenvalue weighted by Crippen LogP contribution is 1.79. The molecule has 0 aliphatic heterocycles. The Labute approximate surface area is 62.5 Å². The molecule has 1 rings (SSSR count). The Morgan fingerprint density at radius 1 is 1.44 bits per heavy atom. The van der Waals surface area contributed by atoms with E-state index in [1.165, 1.54) is 0 Å². The molecule has 0 bridgehead atoms. The summed E-state index contributed by atoms with van der Waals surface area (Å²) in [6, 6.07) is 0. The van der Waals surface area contributed by atoms with Crippen molar-refractivity contribution in [2.45, 2.75) is 20.8 Å². The highest BCUT2D eigenvalue weighted by Gasteiger charge is 1.79. The molecule has 0 atom stereocenters. The van der Waals surface area contributed by atoms with Crippen molar-refractivity contribution in [3.05, 3.63) is 10.6 Å². The Morgan fingerprint density at radius 3 is 2.11 bits per heavy atom. The van der Waals surface area contributed by atoms with E-state index in [0.717, 1.165) is 5.82 Å². The van der Waals surface area contributed by atoms with E-state index in [1.54, 1.807) is 0 Å². The Kier molecular flexibility index (Phi) is 3.96. The zero-order valence-electron chi connectivity index (χ0n) is 5.86. The van der Waals surface area contributed by atoms with Crippen LogP contribution < -0.4 is 0 Å². The highest BCUT2D eigenvalue weighted by atomic mass is 32.1. The summed E-state index contributed by atoms with van der Waals surface area (Å²) >= 11 is 4.63. The molecule has 1 aromatic rings. The fourth-order valence-corrected chi connectivity index (χ4v) is 0.540. The van der Waals surface area contributed by atoms with Gasteiger partial charge in [0.1, 0.15) is 5.82 Å². The minimum absolute atomic E-state index is 0. The van der Waals surface area contributed by atoms with Crippen molar-refractivity contribution in [1.82, 2.24) is 15.2 Å².